The lowest BCUT2D eigenvalue weighted by Gasteiger charge is -2.12. The maximum Gasteiger partial charge on any atom is 0.306 e. The zero-order valence-electron chi connectivity index (χ0n) is 8.73. The first-order chi connectivity index (χ1) is 7.04. The van der Waals surface area contributed by atoms with Crippen LogP contribution in [0.2, 0.25) is 0 Å². The predicted octanol–water partition coefficient (Wildman–Crippen LogP) is 1.76. The van der Waals surface area contributed by atoms with E-state index in [2.05, 4.69) is 4.74 Å². The van der Waals surface area contributed by atoms with Crippen molar-refractivity contribution in [2.24, 2.45) is 0 Å². The predicted molar refractivity (Wildman–Crippen MR) is 54.8 cm³/mol. The van der Waals surface area contributed by atoms with Gasteiger partial charge in [0.25, 0.3) is 0 Å². The van der Waals surface area contributed by atoms with Crippen molar-refractivity contribution in [1.29, 1.82) is 0 Å². The standard InChI is InChI=1S/C11H14O4/c1-7(5-11(14)15-2)9-6-8(12)3-4-10(9)13/h3-4,6-7,12-13H,5H2,1-2H3. The number of carbonyl (C=O) groups excluding carboxylic acids is 1. The van der Waals surface area contributed by atoms with Gasteiger partial charge < -0.3 is 14.9 Å². The number of carbonyl (C=O) groups is 1. The fourth-order valence-electron chi connectivity index (χ4n) is 1.38. The highest BCUT2D eigenvalue weighted by Gasteiger charge is 2.15. The van der Waals surface area contributed by atoms with Crippen LogP contribution in [0.1, 0.15) is 24.8 Å². The van der Waals surface area contributed by atoms with Gasteiger partial charge in [-0.1, -0.05) is 6.92 Å². The second-order valence-corrected chi connectivity index (χ2v) is 3.42. The molecule has 1 aromatic rings. The summed E-state index contributed by atoms with van der Waals surface area (Å²) < 4.78 is 4.53. The quantitative estimate of drug-likeness (QED) is 0.589. The van der Waals surface area contributed by atoms with Crippen LogP contribution in [0.4, 0.5) is 0 Å². The van der Waals surface area contributed by atoms with E-state index >= 15 is 0 Å². The Balaban J connectivity index is 2.85. The molecule has 0 aliphatic carbocycles. The van der Waals surface area contributed by atoms with Crippen molar-refractivity contribution in [3.05, 3.63) is 23.8 Å². The van der Waals surface area contributed by atoms with Crippen molar-refractivity contribution in [3.63, 3.8) is 0 Å². The highest BCUT2D eigenvalue weighted by Crippen LogP contribution is 2.30. The molecule has 0 heterocycles. The number of aromatic hydroxyl groups is 2. The van der Waals surface area contributed by atoms with Gasteiger partial charge in [-0.15, -0.1) is 0 Å². The van der Waals surface area contributed by atoms with E-state index in [1.54, 1.807) is 6.92 Å². The summed E-state index contributed by atoms with van der Waals surface area (Å²) in [7, 11) is 1.32. The van der Waals surface area contributed by atoms with Crippen LogP contribution in [-0.4, -0.2) is 23.3 Å². The average molecular weight is 210 g/mol. The molecule has 0 bridgehead atoms. The molecule has 4 nitrogen and oxygen atoms in total. The van der Waals surface area contributed by atoms with Crippen molar-refractivity contribution in [3.8, 4) is 11.5 Å². The summed E-state index contributed by atoms with van der Waals surface area (Å²) in [5.41, 5.74) is 0.542. The number of esters is 1. The maximum atomic E-state index is 11.0. The smallest absolute Gasteiger partial charge is 0.306 e. The Morgan fingerprint density at radius 1 is 1.47 bits per heavy atom. The number of benzene rings is 1. The highest BCUT2D eigenvalue weighted by atomic mass is 16.5. The Bertz CT molecular complexity index is 360. The molecule has 0 aliphatic rings. The third kappa shape index (κ3) is 2.87. The summed E-state index contributed by atoms with van der Waals surface area (Å²) >= 11 is 0. The Hall–Kier alpha value is -1.71. The zero-order chi connectivity index (χ0) is 11.4. The molecular formula is C11H14O4. The minimum atomic E-state index is -0.342. The van der Waals surface area contributed by atoms with Crippen molar-refractivity contribution in [1.82, 2.24) is 0 Å². The number of phenolic OH excluding ortho intramolecular Hbond substituents is 2. The molecule has 0 radical (unpaired) electrons. The van der Waals surface area contributed by atoms with Crippen LogP contribution in [0, 0.1) is 0 Å². The van der Waals surface area contributed by atoms with Crippen molar-refractivity contribution in [2.75, 3.05) is 7.11 Å². The second-order valence-electron chi connectivity index (χ2n) is 3.42. The Labute approximate surface area is 88.1 Å². The van der Waals surface area contributed by atoms with Crippen LogP contribution in [0.25, 0.3) is 0 Å². The number of methoxy groups -OCH3 is 1. The van der Waals surface area contributed by atoms with Crippen LogP contribution >= 0.6 is 0 Å². The molecule has 15 heavy (non-hydrogen) atoms. The lowest BCUT2D eigenvalue weighted by atomic mass is 9.97. The fourth-order valence-corrected chi connectivity index (χ4v) is 1.38. The lowest BCUT2D eigenvalue weighted by molar-refractivity contribution is -0.140. The van der Waals surface area contributed by atoms with Crippen LogP contribution in [0.5, 0.6) is 11.5 Å². The minimum Gasteiger partial charge on any atom is -0.508 e. The van der Waals surface area contributed by atoms with Crippen LogP contribution < -0.4 is 0 Å². The average Bonchev–Trinajstić information content (AvgIpc) is 2.21. The third-order valence-electron chi connectivity index (χ3n) is 2.24. The van der Waals surface area contributed by atoms with E-state index in [1.807, 2.05) is 0 Å². The van der Waals surface area contributed by atoms with E-state index in [0.29, 0.717) is 5.56 Å². The first kappa shape index (κ1) is 11.4. The summed E-state index contributed by atoms with van der Waals surface area (Å²) in [4.78, 5) is 11.0. The third-order valence-corrected chi connectivity index (χ3v) is 2.24. The molecule has 0 aromatic heterocycles. The van der Waals surface area contributed by atoms with E-state index in [0.717, 1.165) is 0 Å². The number of hydrogen-bond donors (Lipinski definition) is 2. The molecule has 1 unspecified atom stereocenters. The highest BCUT2D eigenvalue weighted by molar-refractivity contribution is 5.70. The van der Waals surface area contributed by atoms with E-state index in [9.17, 15) is 15.0 Å². The molecule has 1 atom stereocenters. The normalized spacial score (nSPS) is 12.1. The molecule has 82 valence electrons. The molecule has 1 rings (SSSR count). The van der Waals surface area contributed by atoms with Crippen LogP contribution in [0.3, 0.4) is 0 Å². The molecule has 0 saturated carbocycles. The van der Waals surface area contributed by atoms with E-state index < -0.39 is 0 Å². The summed E-state index contributed by atoms with van der Waals surface area (Å²) in [5.74, 6) is -0.390. The van der Waals surface area contributed by atoms with E-state index in [-0.39, 0.29) is 29.8 Å². The number of phenols is 2. The minimum absolute atomic E-state index is 0.0690. The lowest BCUT2D eigenvalue weighted by Crippen LogP contribution is -2.06. The first-order valence-corrected chi connectivity index (χ1v) is 4.63. The first-order valence-electron chi connectivity index (χ1n) is 4.63. The van der Waals surface area contributed by atoms with E-state index in [4.69, 9.17) is 0 Å². The van der Waals surface area contributed by atoms with Crippen LogP contribution in [0.15, 0.2) is 18.2 Å². The number of hydrogen-bond acceptors (Lipinski definition) is 4. The van der Waals surface area contributed by atoms with Gasteiger partial charge in [0.2, 0.25) is 0 Å². The van der Waals surface area contributed by atoms with Gasteiger partial charge in [-0.25, -0.2) is 0 Å². The summed E-state index contributed by atoms with van der Waals surface area (Å²) in [6.07, 6.45) is 0.174. The Morgan fingerprint density at radius 3 is 2.73 bits per heavy atom. The van der Waals surface area contributed by atoms with Gasteiger partial charge in [-0.3, -0.25) is 4.79 Å². The van der Waals surface area contributed by atoms with Gasteiger partial charge in [0.15, 0.2) is 0 Å². The SMILES string of the molecule is COC(=O)CC(C)c1cc(O)ccc1O. The molecule has 0 aliphatic heterocycles. The molecule has 0 amide bonds. The van der Waals surface area contributed by atoms with Gasteiger partial charge in [0.1, 0.15) is 11.5 Å². The molecule has 0 spiro atoms. The van der Waals surface area contributed by atoms with E-state index in [1.165, 1.54) is 25.3 Å². The molecule has 2 N–H and O–H groups in total. The largest absolute Gasteiger partial charge is 0.508 e. The molecule has 4 heteroatoms. The Morgan fingerprint density at radius 2 is 2.13 bits per heavy atom. The van der Waals surface area contributed by atoms with Gasteiger partial charge in [0.05, 0.1) is 13.5 Å². The van der Waals surface area contributed by atoms with Crippen molar-refractivity contribution in [2.45, 2.75) is 19.3 Å². The maximum absolute atomic E-state index is 11.0. The topological polar surface area (TPSA) is 66.8 Å². The monoisotopic (exact) mass is 210 g/mol. The van der Waals surface area contributed by atoms with Gasteiger partial charge in [-0.2, -0.15) is 0 Å². The Kier molecular flexibility index (Phi) is 3.55. The number of rotatable bonds is 3. The summed E-state index contributed by atoms with van der Waals surface area (Å²) in [6.45, 7) is 1.78. The van der Waals surface area contributed by atoms with Gasteiger partial charge >= 0.3 is 5.97 Å². The van der Waals surface area contributed by atoms with Crippen molar-refractivity contribution >= 4 is 5.97 Å². The second kappa shape index (κ2) is 4.68. The van der Waals surface area contributed by atoms with Crippen molar-refractivity contribution < 1.29 is 19.7 Å². The van der Waals surface area contributed by atoms with Gasteiger partial charge in [0, 0.05) is 5.56 Å². The molecule has 1 aromatic carbocycles. The van der Waals surface area contributed by atoms with Crippen LogP contribution in [-0.2, 0) is 9.53 Å². The molecule has 0 saturated heterocycles. The molecule has 0 fully saturated rings. The zero-order valence-corrected chi connectivity index (χ0v) is 8.73. The molecular weight excluding hydrogens is 196 g/mol. The van der Waals surface area contributed by atoms with Gasteiger partial charge in [-0.05, 0) is 24.1 Å². The summed E-state index contributed by atoms with van der Waals surface area (Å²) in [6, 6.07) is 4.24. The fraction of sp³-hybridized carbons (Fsp3) is 0.364. The number of ether oxygens (including phenoxy) is 1. The summed E-state index contributed by atoms with van der Waals surface area (Å²) in [5, 5.41) is 18.8.